The monoisotopic (exact) mass is 229 g/mol. The number of anilines is 1. The summed E-state index contributed by atoms with van der Waals surface area (Å²) < 4.78 is 0.966. The second kappa shape index (κ2) is 3.87. The van der Waals surface area contributed by atoms with Gasteiger partial charge in [0.2, 0.25) is 0 Å². The van der Waals surface area contributed by atoms with Gasteiger partial charge in [-0.1, -0.05) is 0 Å². The van der Waals surface area contributed by atoms with Crippen LogP contribution in [0, 0.1) is 0 Å². The summed E-state index contributed by atoms with van der Waals surface area (Å²) in [6, 6.07) is 1.99. The minimum absolute atomic E-state index is 0.514. The summed E-state index contributed by atoms with van der Waals surface area (Å²) in [7, 11) is 3.91. The summed E-state index contributed by atoms with van der Waals surface area (Å²) in [4.78, 5) is 6.20. The second-order valence-corrected chi connectivity index (χ2v) is 3.65. The van der Waals surface area contributed by atoms with E-state index in [1.54, 1.807) is 6.20 Å². The zero-order chi connectivity index (χ0) is 9.14. The maximum absolute atomic E-state index is 5.57. The third-order valence-electron chi connectivity index (χ3n) is 1.55. The van der Waals surface area contributed by atoms with Crippen LogP contribution in [0.3, 0.4) is 0 Å². The zero-order valence-electron chi connectivity index (χ0n) is 7.21. The van der Waals surface area contributed by atoms with Gasteiger partial charge in [0.25, 0.3) is 0 Å². The SMILES string of the molecule is CN(C)c1ncc(Br)cc1CN. The quantitative estimate of drug-likeness (QED) is 0.834. The standard InChI is InChI=1S/C8H12BrN3/c1-12(2)8-6(4-10)3-7(9)5-11-8/h3,5H,4,10H2,1-2H3. The topological polar surface area (TPSA) is 42.2 Å². The van der Waals surface area contributed by atoms with Crippen molar-refractivity contribution < 1.29 is 0 Å². The van der Waals surface area contributed by atoms with Crippen LogP contribution in [-0.2, 0) is 6.54 Å². The first-order valence-electron chi connectivity index (χ1n) is 3.67. The van der Waals surface area contributed by atoms with Crippen molar-refractivity contribution in [2.45, 2.75) is 6.54 Å². The van der Waals surface area contributed by atoms with Gasteiger partial charge in [0.05, 0.1) is 0 Å². The Morgan fingerprint density at radius 3 is 2.75 bits per heavy atom. The van der Waals surface area contributed by atoms with Crippen LogP contribution in [0.15, 0.2) is 16.7 Å². The van der Waals surface area contributed by atoms with Crippen molar-refractivity contribution in [2.24, 2.45) is 5.73 Å². The predicted octanol–water partition coefficient (Wildman–Crippen LogP) is 1.37. The van der Waals surface area contributed by atoms with Gasteiger partial charge in [-0.2, -0.15) is 0 Å². The molecule has 1 aromatic heterocycles. The number of pyridine rings is 1. The molecule has 2 N–H and O–H groups in total. The smallest absolute Gasteiger partial charge is 0.132 e. The highest BCUT2D eigenvalue weighted by atomic mass is 79.9. The number of hydrogen-bond donors (Lipinski definition) is 1. The summed E-state index contributed by atoms with van der Waals surface area (Å²) >= 11 is 3.35. The van der Waals surface area contributed by atoms with E-state index in [4.69, 9.17) is 5.73 Å². The molecule has 12 heavy (non-hydrogen) atoms. The second-order valence-electron chi connectivity index (χ2n) is 2.73. The molecule has 0 spiro atoms. The van der Waals surface area contributed by atoms with Crippen molar-refractivity contribution in [3.8, 4) is 0 Å². The van der Waals surface area contributed by atoms with Gasteiger partial charge in [-0.05, 0) is 22.0 Å². The molecule has 1 aromatic rings. The largest absolute Gasteiger partial charge is 0.362 e. The number of rotatable bonds is 2. The van der Waals surface area contributed by atoms with E-state index in [0.717, 1.165) is 15.9 Å². The van der Waals surface area contributed by atoms with Gasteiger partial charge in [0.1, 0.15) is 5.82 Å². The van der Waals surface area contributed by atoms with Crippen LogP contribution in [0.4, 0.5) is 5.82 Å². The van der Waals surface area contributed by atoms with Crippen LogP contribution in [0.5, 0.6) is 0 Å². The van der Waals surface area contributed by atoms with E-state index in [0.29, 0.717) is 6.54 Å². The van der Waals surface area contributed by atoms with E-state index in [1.165, 1.54) is 0 Å². The first kappa shape index (κ1) is 9.48. The molecule has 0 amide bonds. The van der Waals surface area contributed by atoms with Crippen LogP contribution in [-0.4, -0.2) is 19.1 Å². The van der Waals surface area contributed by atoms with Gasteiger partial charge in [-0.25, -0.2) is 4.98 Å². The fourth-order valence-electron chi connectivity index (χ4n) is 1.03. The van der Waals surface area contributed by atoms with E-state index in [1.807, 2.05) is 25.1 Å². The molecule has 1 rings (SSSR count). The van der Waals surface area contributed by atoms with Gasteiger partial charge in [0, 0.05) is 36.9 Å². The lowest BCUT2D eigenvalue weighted by Crippen LogP contribution is -2.14. The Bertz CT molecular complexity index is 273. The Morgan fingerprint density at radius 1 is 1.58 bits per heavy atom. The van der Waals surface area contributed by atoms with Gasteiger partial charge >= 0.3 is 0 Å². The molecule has 0 saturated carbocycles. The number of nitrogens with zero attached hydrogens (tertiary/aromatic N) is 2. The van der Waals surface area contributed by atoms with Crippen LogP contribution < -0.4 is 10.6 Å². The fraction of sp³-hybridized carbons (Fsp3) is 0.375. The molecule has 0 aliphatic heterocycles. The molecule has 4 heteroatoms. The first-order chi connectivity index (χ1) is 5.65. The highest BCUT2D eigenvalue weighted by molar-refractivity contribution is 9.10. The van der Waals surface area contributed by atoms with E-state index < -0.39 is 0 Å². The molecule has 0 fully saturated rings. The Balaban J connectivity index is 3.11. The average Bonchev–Trinajstić information content (AvgIpc) is 2.03. The maximum Gasteiger partial charge on any atom is 0.132 e. The Labute approximate surface area is 80.7 Å². The lowest BCUT2D eigenvalue weighted by atomic mass is 10.2. The Morgan fingerprint density at radius 2 is 2.25 bits per heavy atom. The Hall–Kier alpha value is -0.610. The van der Waals surface area contributed by atoms with Crippen molar-refractivity contribution >= 4 is 21.7 Å². The average molecular weight is 230 g/mol. The molecule has 0 aliphatic rings. The maximum atomic E-state index is 5.57. The van der Waals surface area contributed by atoms with Crippen molar-refractivity contribution in [1.29, 1.82) is 0 Å². The van der Waals surface area contributed by atoms with Crippen LogP contribution in [0.25, 0.3) is 0 Å². The summed E-state index contributed by atoms with van der Waals surface area (Å²) in [5, 5.41) is 0. The molecule has 66 valence electrons. The number of aromatic nitrogens is 1. The minimum atomic E-state index is 0.514. The minimum Gasteiger partial charge on any atom is -0.362 e. The van der Waals surface area contributed by atoms with Gasteiger partial charge in [-0.3, -0.25) is 0 Å². The molecule has 0 bridgehead atoms. The van der Waals surface area contributed by atoms with Crippen LogP contribution >= 0.6 is 15.9 Å². The molecular weight excluding hydrogens is 218 g/mol. The van der Waals surface area contributed by atoms with E-state index in [2.05, 4.69) is 20.9 Å². The highest BCUT2D eigenvalue weighted by Gasteiger charge is 2.04. The van der Waals surface area contributed by atoms with Crippen molar-refractivity contribution in [1.82, 2.24) is 4.98 Å². The number of hydrogen-bond acceptors (Lipinski definition) is 3. The van der Waals surface area contributed by atoms with Gasteiger partial charge in [0.15, 0.2) is 0 Å². The molecule has 1 heterocycles. The molecule has 3 nitrogen and oxygen atoms in total. The summed E-state index contributed by atoms with van der Waals surface area (Å²) in [6.45, 7) is 0.514. The van der Waals surface area contributed by atoms with Gasteiger partial charge < -0.3 is 10.6 Å². The lowest BCUT2D eigenvalue weighted by Gasteiger charge is -2.14. The van der Waals surface area contributed by atoms with Gasteiger partial charge in [-0.15, -0.1) is 0 Å². The predicted molar refractivity (Wildman–Crippen MR) is 54.2 cm³/mol. The van der Waals surface area contributed by atoms with E-state index in [9.17, 15) is 0 Å². The van der Waals surface area contributed by atoms with E-state index >= 15 is 0 Å². The third-order valence-corrected chi connectivity index (χ3v) is 1.99. The molecular formula is C8H12BrN3. The Kier molecular flexibility index (Phi) is 3.05. The summed E-state index contributed by atoms with van der Waals surface area (Å²) in [5.41, 5.74) is 6.62. The molecule has 0 saturated heterocycles. The van der Waals surface area contributed by atoms with Crippen molar-refractivity contribution in [2.75, 3.05) is 19.0 Å². The lowest BCUT2D eigenvalue weighted by molar-refractivity contribution is 0.983. The summed E-state index contributed by atoms with van der Waals surface area (Å²) in [6.07, 6.45) is 1.77. The fourth-order valence-corrected chi connectivity index (χ4v) is 1.41. The molecule has 0 aromatic carbocycles. The van der Waals surface area contributed by atoms with Crippen molar-refractivity contribution in [3.05, 3.63) is 22.3 Å². The molecule has 0 unspecified atom stereocenters. The molecule has 0 aliphatic carbocycles. The highest BCUT2D eigenvalue weighted by Crippen LogP contribution is 2.18. The molecule has 0 atom stereocenters. The zero-order valence-corrected chi connectivity index (χ0v) is 8.80. The number of halogens is 1. The third kappa shape index (κ3) is 1.95. The van der Waals surface area contributed by atoms with Crippen LogP contribution in [0.2, 0.25) is 0 Å². The van der Waals surface area contributed by atoms with Crippen LogP contribution in [0.1, 0.15) is 5.56 Å². The first-order valence-corrected chi connectivity index (χ1v) is 4.46. The van der Waals surface area contributed by atoms with E-state index in [-0.39, 0.29) is 0 Å². The molecule has 0 radical (unpaired) electrons. The normalized spacial score (nSPS) is 10.0. The summed E-state index contributed by atoms with van der Waals surface area (Å²) in [5.74, 6) is 0.931. The van der Waals surface area contributed by atoms with Crippen molar-refractivity contribution in [3.63, 3.8) is 0 Å². The number of nitrogens with two attached hydrogens (primary N) is 1.